The molecule has 1 aromatic heterocycles. The molecule has 2 amide bonds. The first-order valence-corrected chi connectivity index (χ1v) is 11.5. The number of hydrogen-bond donors (Lipinski definition) is 1. The molecule has 1 heterocycles. The van der Waals surface area contributed by atoms with E-state index in [2.05, 4.69) is 11.4 Å². The minimum absolute atomic E-state index is 0.114. The summed E-state index contributed by atoms with van der Waals surface area (Å²) < 4.78 is 10.9. The number of carbonyl (C=O) groups excluding carboxylic acids is 2. The number of methoxy groups -OCH3 is 1. The van der Waals surface area contributed by atoms with Crippen LogP contribution < -0.4 is 14.8 Å². The Hall–Kier alpha value is -3.05. The van der Waals surface area contributed by atoms with E-state index in [9.17, 15) is 14.9 Å². The molecule has 2 aromatic rings. The van der Waals surface area contributed by atoms with Crippen molar-refractivity contribution in [2.75, 3.05) is 25.6 Å². The second-order valence-corrected chi connectivity index (χ2v) is 9.65. The van der Waals surface area contributed by atoms with Crippen molar-refractivity contribution in [3.63, 3.8) is 0 Å². The van der Waals surface area contributed by atoms with E-state index >= 15 is 0 Å². The molecule has 32 heavy (non-hydrogen) atoms. The Morgan fingerprint density at radius 2 is 1.94 bits per heavy atom. The maximum Gasteiger partial charge on any atom is 0.260 e. The van der Waals surface area contributed by atoms with Crippen LogP contribution in [-0.2, 0) is 15.0 Å². The molecule has 1 aliphatic rings. The minimum atomic E-state index is -0.215. The molecule has 1 aliphatic carbocycles. The van der Waals surface area contributed by atoms with E-state index in [1.165, 1.54) is 11.3 Å². The van der Waals surface area contributed by atoms with Crippen molar-refractivity contribution < 1.29 is 19.1 Å². The molecular weight excluding hydrogens is 426 g/mol. The third-order valence-electron chi connectivity index (χ3n) is 5.27. The first-order chi connectivity index (χ1) is 15.2. The molecule has 8 heteroatoms. The molecule has 0 atom stereocenters. The average Bonchev–Trinajstić information content (AvgIpc) is 3.50. The predicted molar refractivity (Wildman–Crippen MR) is 124 cm³/mol. The monoisotopic (exact) mass is 455 g/mol. The van der Waals surface area contributed by atoms with Crippen molar-refractivity contribution in [1.82, 2.24) is 4.90 Å². The fourth-order valence-electron chi connectivity index (χ4n) is 3.38. The number of rotatable bonds is 9. The van der Waals surface area contributed by atoms with E-state index < -0.39 is 0 Å². The van der Waals surface area contributed by atoms with Gasteiger partial charge in [-0.3, -0.25) is 9.59 Å². The van der Waals surface area contributed by atoms with Crippen molar-refractivity contribution in [2.45, 2.75) is 51.5 Å². The largest absolute Gasteiger partial charge is 0.493 e. The lowest BCUT2D eigenvalue weighted by atomic mass is 9.86. The molecular formula is C24H29N3O4S. The standard InChI is InChI=1S/C24H29N3O4S/c1-24(2,3)18-15-32-23(17(18)13-25)26-21(28)11-12-27(16-9-10-16)22(29)14-31-20-8-6-5-7-19(20)30-4/h5-8,15-16H,9-12,14H2,1-4H3,(H,26,28). The fourth-order valence-corrected chi connectivity index (χ4v) is 4.53. The Kier molecular flexibility index (Phi) is 7.41. The van der Waals surface area contributed by atoms with E-state index in [0.29, 0.717) is 28.6 Å². The predicted octanol–water partition coefficient (Wildman–Crippen LogP) is 4.32. The summed E-state index contributed by atoms with van der Waals surface area (Å²) >= 11 is 1.36. The highest BCUT2D eigenvalue weighted by molar-refractivity contribution is 7.14. The normalized spacial score (nSPS) is 13.2. The number of nitrogens with one attached hydrogen (secondary N) is 1. The highest BCUT2D eigenvalue weighted by Crippen LogP contribution is 2.35. The number of benzene rings is 1. The molecule has 1 saturated carbocycles. The van der Waals surface area contributed by atoms with Crippen LogP contribution in [0, 0.1) is 11.3 Å². The number of thiophene rings is 1. The van der Waals surface area contributed by atoms with Gasteiger partial charge < -0.3 is 19.7 Å². The highest BCUT2D eigenvalue weighted by Gasteiger charge is 2.33. The number of anilines is 1. The molecule has 1 aromatic carbocycles. The Morgan fingerprint density at radius 3 is 2.53 bits per heavy atom. The van der Waals surface area contributed by atoms with Gasteiger partial charge in [-0.25, -0.2) is 0 Å². The number of nitrogens with zero attached hydrogens (tertiary/aromatic N) is 2. The highest BCUT2D eigenvalue weighted by atomic mass is 32.1. The first kappa shape index (κ1) is 23.6. The third kappa shape index (κ3) is 5.80. The van der Waals surface area contributed by atoms with Crippen LogP contribution in [0.5, 0.6) is 11.5 Å². The van der Waals surface area contributed by atoms with Gasteiger partial charge in [-0.15, -0.1) is 11.3 Å². The van der Waals surface area contributed by atoms with Crippen LogP contribution in [-0.4, -0.2) is 43.0 Å². The number of ether oxygens (including phenoxy) is 2. The summed E-state index contributed by atoms with van der Waals surface area (Å²) in [6.07, 6.45) is 2.02. The molecule has 0 bridgehead atoms. The van der Waals surface area contributed by atoms with Crippen molar-refractivity contribution >= 4 is 28.2 Å². The topological polar surface area (TPSA) is 91.7 Å². The number of amides is 2. The molecule has 0 unspecified atom stereocenters. The lowest BCUT2D eigenvalue weighted by molar-refractivity contribution is -0.134. The molecule has 1 fully saturated rings. The summed E-state index contributed by atoms with van der Waals surface area (Å²) in [4.78, 5) is 27.1. The Labute approximate surface area is 192 Å². The average molecular weight is 456 g/mol. The third-order valence-corrected chi connectivity index (χ3v) is 6.17. The van der Waals surface area contributed by atoms with Crippen LogP contribution in [0.1, 0.15) is 51.2 Å². The summed E-state index contributed by atoms with van der Waals surface area (Å²) in [5.74, 6) is 0.702. The number of carbonyl (C=O) groups is 2. The maximum absolute atomic E-state index is 12.8. The van der Waals surface area contributed by atoms with Crippen LogP contribution in [0.2, 0.25) is 0 Å². The second kappa shape index (κ2) is 10.0. The molecule has 0 saturated heterocycles. The van der Waals surface area contributed by atoms with Crippen molar-refractivity contribution in [1.29, 1.82) is 5.26 Å². The molecule has 0 radical (unpaired) electrons. The van der Waals surface area contributed by atoms with E-state index in [0.717, 1.165) is 18.4 Å². The maximum atomic E-state index is 12.8. The summed E-state index contributed by atoms with van der Waals surface area (Å²) in [7, 11) is 1.55. The van der Waals surface area contributed by atoms with E-state index in [-0.39, 0.29) is 36.3 Å². The molecule has 1 N–H and O–H groups in total. The van der Waals surface area contributed by atoms with Gasteiger partial charge >= 0.3 is 0 Å². The molecule has 0 spiro atoms. The summed E-state index contributed by atoms with van der Waals surface area (Å²) in [5.41, 5.74) is 1.25. The number of hydrogen-bond acceptors (Lipinski definition) is 6. The van der Waals surface area contributed by atoms with Crippen LogP contribution in [0.25, 0.3) is 0 Å². The van der Waals surface area contributed by atoms with Gasteiger partial charge in [0.1, 0.15) is 11.1 Å². The quantitative estimate of drug-likeness (QED) is 0.608. The van der Waals surface area contributed by atoms with Gasteiger partial charge in [0.05, 0.1) is 12.7 Å². The van der Waals surface area contributed by atoms with Gasteiger partial charge in [-0.1, -0.05) is 32.9 Å². The Bertz CT molecular complexity index is 1010. The summed E-state index contributed by atoms with van der Waals surface area (Å²) in [6, 6.07) is 9.54. The van der Waals surface area contributed by atoms with Gasteiger partial charge in [0.2, 0.25) is 5.91 Å². The summed E-state index contributed by atoms with van der Waals surface area (Å²) in [6.45, 7) is 6.30. The lowest BCUT2D eigenvalue weighted by Gasteiger charge is -2.22. The first-order valence-electron chi connectivity index (χ1n) is 10.6. The van der Waals surface area contributed by atoms with Gasteiger partial charge in [0, 0.05) is 19.0 Å². The summed E-state index contributed by atoms with van der Waals surface area (Å²) in [5, 5.41) is 14.9. The minimum Gasteiger partial charge on any atom is -0.493 e. The smallest absolute Gasteiger partial charge is 0.260 e. The molecule has 0 aliphatic heterocycles. The molecule has 3 rings (SSSR count). The van der Waals surface area contributed by atoms with Crippen LogP contribution in [0.4, 0.5) is 5.00 Å². The van der Waals surface area contributed by atoms with Crippen molar-refractivity contribution in [3.8, 4) is 17.6 Å². The zero-order valence-electron chi connectivity index (χ0n) is 18.9. The zero-order valence-corrected chi connectivity index (χ0v) is 19.8. The van der Waals surface area contributed by atoms with E-state index in [1.807, 2.05) is 38.3 Å². The Balaban J connectivity index is 1.57. The van der Waals surface area contributed by atoms with Gasteiger partial charge in [-0.2, -0.15) is 5.26 Å². The molecule has 7 nitrogen and oxygen atoms in total. The number of nitriles is 1. The second-order valence-electron chi connectivity index (χ2n) is 8.77. The van der Waals surface area contributed by atoms with Gasteiger partial charge in [0.15, 0.2) is 18.1 Å². The van der Waals surface area contributed by atoms with Crippen molar-refractivity contribution in [3.05, 3.63) is 40.8 Å². The van der Waals surface area contributed by atoms with E-state index in [4.69, 9.17) is 9.47 Å². The van der Waals surface area contributed by atoms with Crippen LogP contribution in [0.3, 0.4) is 0 Å². The van der Waals surface area contributed by atoms with Gasteiger partial charge in [-0.05, 0) is 41.3 Å². The number of para-hydroxylation sites is 2. The fraction of sp³-hybridized carbons (Fsp3) is 0.458. The van der Waals surface area contributed by atoms with Crippen LogP contribution in [0.15, 0.2) is 29.6 Å². The van der Waals surface area contributed by atoms with E-state index in [1.54, 1.807) is 24.1 Å². The lowest BCUT2D eigenvalue weighted by Crippen LogP contribution is -2.38. The van der Waals surface area contributed by atoms with Crippen LogP contribution >= 0.6 is 11.3 Å². The van der Waals surface area contributed by atoms with Gasteiger partial charge in [0.25, 0.3) is 5.91 Å². The van der Waals surface area contributed by atoms with Crippen molar-refractivity contribution in [2.24, 2.45) is 0 Å². The Morgan fingerprint density at radius 1 is 1.25 bits per heavy atom. The zero-order chi connectivity index (χ0) is 23.3. The molecule has 170 valence electrons. The SMILES string of the molecule is COc1ccccc1OCC(=O)N(CCC(=O)Nc1scc(C(C)(C)C)c1C#N)C1CC1.